The van der Waals surface area contributed by atoms with Crippen LogP contribution in [-0.4, -0.2) is 54.4 Å². The van der Waals surface area contributed by atoms with Gasteiger partial charge in [-0.25, -0.2) is 0 Å². The van der Waals surface area contributed by atoms with Crippen molar-refractivity contribution >= 4 is 0 Å². The highest BCUT2D eigenvalue weighted by Crippen LogP contribution is 2.41. The number of benzene rings is 1. The summed E-state index contributed by atoms with van der Waals surface area (Å²) in [5.41, 5.74) is 1.95. The van der Waals surface area contributed by atoms with Crippen LogP contribution in [0.25, 0.3) is 11.4 Å². The Morgan fingerprint density at radius 1 is 1.03 bits per heavy atom. The topological polar surface area (TPSA) is 82.7 Å². The minimum atomic E-state index is 0.212. The van der Waals surface area contributed by atoms with Crippen LogP contribution >= 0.6 is 0 Å². The first-order chi connectivity index (χ1) is 14.2. The number of aromatic nitrogens is 3. The van der Waals surface area contributed by atoms with E-state index >= 15 is 0 Å². The zero-order valence-corrected chi connectivity index (χ0v) is 16.8. The number of likely N-dealkylation sites (tertiary alicyclic amines) is 1. The van der Waals surface area contributed by atoms with Gasteiger partial charge in [0.2, 0.25) is 17.5 Å². The molecular weight excluding hydrogens is 372 g/mol. The van der Waals surface area contributed by atoms with Gasteiger partial charge >= 0.3 is 0 Å². The van der Waals surface area contributed by atoms with Crippen LogP contribution in [0.3, 0.4) is 0 Å². The van der Waals surface area contributed by atoms with E-state index in [1.807, 2.05) is 24.3 Å². The highest BCUT2D eigenvalue weighted by atomic mass is 16.5. The van der Waals surface area contributed by atoms with Crippen molar-refractivity contribution in [1.29, 1.82) is 0 Å². The van der Waals surface area contributed by atoms with Crippen LogP contribution in [0.2, 0.25) is 0 Å². The van der Waals surface area contributed by atoms with Gasteiger partial charge in [0, 0.05) is 36.6 Å². The molecule has 3 aromatic rings. The summed E-state index contributed by atoms with van der Waals surface area (Å²) in [5, 5.41) is 4.13. The van der Waals surface area contributed by atoms with Crippen LogP contribution in [0.5, 0.6) is 17.2 Å². The van der Waals surface area contributed by atoms with Crippen molar-refractivity contribution in [1.82, 2.24) is 20.0 Å². The molecule has 1 unspecified atom stereocenters. The summed E-state index contributed by atoms with van der Waals surface area (Å²) in [6.45, 7) is 2.52. The summed E-state index contributed by atoms with van der Waals surface area (Å²) in [5.74, 6) is 3.46. The SMILES string of the molecule is COc1ccc(CN2CCC(c3nc(-c4ccncc4)no3)C2)c(OC)c1OC. The standard InChI is InChI=1S/C21H24N4O4/c1-26-17-5-4-15(18(27-2)19(17)28-3)12-25-11-8-16(13-25)21-23-20(24-29-21)14-6-9-22-10-7-14/h4-7,9-10,16H,8,11-13H2,1-3H3. The van der Waals surface area contributed by atoms with E-state index in [4.69, 9.17) is 18.7 Å². The number of methoxy groups -OCH3 is 3. The molecule has 1 aliphatic heterocycles. The second-order valence-electron chi connectivity index (χ2n) is 6.91. The van der Waals surface area contributed by atoms with Crippen molar-refractivity contribution in [3.8, 4) is 28.6 Å². The molecule has 8 heteroatoms. The molecule has 29 heavy (non-hydrogen) atoms. The van der Waals surface area contributed by atoms with Gasteiger partial charge < -0.3 is 18.7 Å². The van der Waals surface area contributed by atoms with E-state index in [0.29, 0.717) is 29.0 Å². The van der Waals surface area contributed by atoms with Crippen LogP contribution in [-0.2, 0) is 6.54 Å². The number of ether oxygens (including phenoxy) is 3. The number of nitrogens with zero attached hydrogens (tertiary/aromatic N) is 4. The Labute approximate surface area is 169 Å². The molecule has 8 nitrogen and oxygen atoms in total. The molecule has 152 valence electrons. The Bertz CT molecular complexity index is 961. The second kappa shape index (κ2) is 8.48. The zero-order valence-electron chi connectivity index (χ0n) is 16.8. The third-order valence-corrected chi connectivity index (χ3v) is 5.18. The average Bonchev–Trinajstić information content (AvgIpc) is 3.43. The van der Waals surface area contributed by atoms with Crippen LogP contribution in [0.1, 0.15) is 23.8 Å². The van der Waals surface area contributed by atoms with Gasteiger partial charge in [-0.05, 0) is 31.2 Å². The molecule has 0 saturated carbocycles. The average molecular weight is 396 g/mol. The van der Waals surface area contributed by atoms with E-state index in [1.165, 1.54) is 0 Å². The Balaban J connectivity index is 1.47. The van der Waals surface area contributed by atoms with Crippen LogP contribution in [0.15, 0.2) is 41.2 Å². The highest BCUT2D eigenvalue weighted by molar-refractivity contribution is 5.56. The highest BCUT2D eigenvalue weighted by Gasteiger charge is 2.29. The molecule has 1 aliphatic rings. The fraction of sp³-hybridized carbons (Fsp3) is 0.381. The first-order valence-electron chi connectivity index (χ1n) is 9.47. The molecule has 0 amide bonds. The normalized spacial score (nSPS) is 16.7. The molecule has 4 rings (SSSR count). The minimum Gasteiger partial charge on any atom is -0.493 e. The van der Waals surface area contributed by atoms with Gasteiger partial charge in [0.05, 0.1) is 27.2 Å². The van der Waals surface area contributed by atoms with Gasteiger partial charge in [-0.15, -0.1) is 0 Å². The summed E-state index contributed by atoms with van der Waals surface area (Å²) < 4.78 is 22.0. The summed E-state index contributed by atoms with van der Waals surface area (Å²) >= 11 is 0. The molecule has 0 spiro atoms. The number of hydrogen-bond acceptors (Lipinski definition) is 8. The molecule has 0 radical (unpaired) electrons. The van der Waals surface area contributed by atoms with Gasteiger partial charge in [0.1, 0.15) is 0 Å². The molecule has 1 fully saturated rings. The van der Waals surface area contributed by atoms with Crippen LogP contribution in [0.4, 0.5) is 0 Å². The first kappa shape index (κ1) is 19.2. The van der Waals surface area contributed by atoms with Crippen molar-refractivity contribution in [3.63, 3.8) is 0 Å². The maximum atomic E-state index is 5.61. The van der Waals surface area contributed by atoms with Gasteiger partial charge in [0.15, 0.2) is 11.5 Å². The Hall–Kier alpha value is -3.13. The molecule has 0 N–H and O–H groups in total. The fourth-order valence-electron chi connectivity index (χ4n) is 3.73. The number of hydrogen-bond donors (Lipinski definition) is 0. The van der Waals surface area contributed by atoms with Gasteiger partial charge in [0.25, 0.3) is 0 Å². The van der Waals surface area contributed by atoms with E-state index in [2.05, 4.69) is 20.0 Å². The molecule has 3 heterocycles. The van der Waals surface area contributed by atoms with Crippen molar-refractivity contribution in [2.75, 3.05) is 34.4 Å². The maximum Gasteiger partial charge on any atom is 0.231 e. The van der Waals surface area contributed by atoms with Crippen molar-refractivity contribution in [2.24, 2.45) is 0 Å². The molecule has 0 bridgehead atoms. The van der Waals surface area contributed by atoms with E-state index < -0.39 is 0 Å². The lowest BCUT2D eigenvalue weighted by Crippen LogP contribution is -2.20. The summed E-state index contributed by atoms with van der Waals surface area (Å²) in [7, 11) is 4.88. The second-order valence-corrected chi connectivity index (χ2v) is 6.91. The predicted octanol–water partition coefficient (Wildman–Crippen LogP) is 3.15. The molecular formula is C21H24N4O4. The Morgan fingerprint density at radius 2 is 1.83 bits per heavy atom. The largest absolute Gasteiger partial charge is 0.493 e. The summed E-state index contributed by atoms with van der Waals surface area (Å²) in [6.07, 6.45) is 4.41. The zero-order chi connectivity index (χ0) is 20.2. The quantitative estimate of drug-likeness (QED) is 0.602. The summed E-state index contributed by atoms with van der Waals surface area (Å²) in [4.78, 5) is 11.0. The van der Waals surface area contributed by atoms with Crippen molar-refractivity contribution < 1.29 is 18.7 Å². The minimum absolute atomic E-state index is 0.212. The van der Waals surface area contributed by atoms with E-state index in [1.54, 1.807) is 33.7 Å². The van der Waals surface area contributed by atoms with Gasteiger partial charge in [-0.3, -0.25) is 9.88 Å². The van der Waals surface area contributed by atoms with Gasteiger partial charge in [-0.1, -0.05) is 11.2 Å². The molecule has 0 aliphatic carbocycles. The first-order valence-corrected chi connectivity index (χ1v) is 9.47. The van der Waals surface area contributed by atoms with Gasteiger partial charge in [-0.2, -0.15) is 4.98 Å². The lowest BCUT2D eigenvalue weighted by atomic mass is 10.1. The van der Waals surface area contributed by atoms with E-state index in [9.17, 15) is 0 Å². The van der Waals surface area contributed by atoms with Crippen molar-refractivity contribution in [3.05, 3.63) is 48.1 Å². The molecule has 1 atom stereocenters. The monoisotopic (exact) mass is 396 g/mol. The van der Waals surface area contributed by atoms with Crippen LogP contribution < -0.4 is 14.2 Å². The molecule has 1 aromatic carbocycles. The smallest absolute Gasteiger partial charge is 0.231 e. The molecule has 1 saturated heterocycles. The third kappa shape index (κ3) is 3.88. The van der Waals surface area contributed by atoms with E-state index in [-0.39, 0.29) is 5.92 Å². The lowest BCUT2D eigenvalue weighted by Gasteiger charge is -2.20. The number of rotatable bonds is 7. The number of pyridine rings is 1. The predicted molar refractivity (Wildman–Crippen MR) is 106 cm³/mol. The van der Waals surface area contributed by atoms with Crippen molar-refractivity contribution in [2.45, 2.75) is 18.9 Å². The maximum absolute atomic E-state index is 5.61. The Kier molecular flexibility index (Phi) is 5.62. The summed E-state index contributed by atoms with van der Waals surface area (Å²) in [6, 6.07) is 7.67. The Morgan fingerprint density at radius 3 is 2.55 bits per heavy atom. The van der Waals surface area contributed by atoms with E-state index in [0.717, 1.165) is 37.2 Å². The third-order valence-electron chi connectivity index (χ3n) is 5.18. The molecule has 2 aromatic heterocycles. The lowest BCUT2D eigenvalue weighted by molar-refractivity contribution is 0.293. The van der Waals surface area contributed by atoms with Crippen LogP contribution in [0, 0.1) is 0 Å². The fourth-order valence-corrected chi connectivity index (χ4v) is 3.73.